The molecule has 0 aliphatic rings. The summed E-state index contributed by atoms with van der Waals surface area (Å²) in [6.45, 7) is 0. The Morgan fingerprint density at radius 1 is 1.14 bits per heavy atom. The van der Waals surface area contributed by atoms with Crippen molar-refractivity contribution in [3.8, 4) is 0 Å². The molecule has 0 aliphatic carbocycles. The Labute approximate surface area is 93.6 Å². The highest BCUT2D eigenvalue weighted by Crippen LogP contribution is 2.39. The van der Waals surface area contributed by atoms with Crippen molar-refractivity contribution in [1.29, 1.82) is 0 Å². The summed E-state index contributed by atoms with van der Waals surface area (Å²) in [5.41, 5.74) is -1.09. The van der Waals surface area contributed by atoms with Crippen LogP contribution in [0.4, 0.5) is 13.2 Å². The van der Waals surface area contributed by atoms with Crippen LogP contribution in [0.3, 0.4) is 0 Å². The zero-order valence-corrected chi connectivity index (χ0v) is 8.84. The fourth-order valence-corrected chi connectivity index (χ4v) is 1.52. The second-order valence-electron chi connectivity index (χ2n) is 2.53. The Morgan fingerprint density at radius 3 is 2.14 bits per heavy atom. The third-order valence-electron chi connectivity index (χ3n) is 1.56. The topological polar surface area (TPSA) is 0 Å². The molecule has 0 amide bonds. The second kappa shape index (κ2) is 4.17. The van der Waals surface area contributed by atoms with E-state index < -0.39 is 16.6 Å². The standard InChI is InChI=1S/C8H4Cl3F3/c9-4-1-2-5(7(10)11)6(3-4)8(12,13)14/h1-3,7H. The number of benzene rings is 1. The van der Waals surface area contributed by atoms with E-state index in [0.29, 0.717) is 0 Å². The SMILES string of the molecule is FC(F)(F)c1cc(Cl)ccc1C(Cl)Cl. The minimum absolute atomic E-state index is 0.00458. The third kappa shape index (κ3) is 2.69. The van der Waals surface area contributed by atoms with Crippen molar-refractivity contribution in [2.75, 3.05) is 0 Å². The molecular weight excluding hydrogens is 259 g/mol. The van der Waals surface area contributed by atoms with Gasteiger partial charge >= 0.3 is 6.18 Å². The Morgan fingerprint density at radius 2 is 1.71 bits per heavy atom. The van der Waals surface area contributed by atoms with Crippen LogP contribution in [-0.4, -0.2) is 0 Å². The maximum atomic E-state index is 12.4. The largest absolute Gasteiger partial charge is 0.416 e. The summed E-state index contributed by atoms with van der Waals surface area (Å²) in [6.07, 6.45) is -4.50. The minimum Gasteiger partial charge on any atom is -0.166 e. The summed E-state index contributed by atoms with van der Waals surface area (Å²) >= 11 is 16.2. The molecule has 0 bridgehead atoms. The van der Waals surface area contributed by atoms with Gasteiger partial charge in [0.1, 0.15) is 4.84 Å². The van der Waals surface area contributed by atoms with E-state index in [9.17, 15) is 13.2 Å². The third-order valence-corrected chi connectivity index (χ3v) is 2.26. The smallest absolute Gasteiger partial charge is 0.166 e. The lowest BCUT2D eigenvalue weighted by molar-refractivity contribution is -0.138. The molecule has 0 aromatic heterocycles. The van der Waals surface area contributed by atoms with Crippen LogP contribution in [0.5, 0.6) is 0 Å². The number of hydrogen-bond acceptors (Lipinski definition) is 0. The molecule has 0 aliphatic heterocycles. The van der Waals surface area contributed by atoms with Crippen LogP contribution in [0.1, 0.15) is 16.0 Å². The van der Waals surface area contributed by atoms with Crippen LogP contribution in [0.25, 0.3) is 0 Å². The Bertz CT molecular complexity index is 333. The van der Waals surface area contributed by atoms with Gasteiger partial charge in [0, 0.05) is 5.02 Å². The molecule has 78 valence electrons. The van der Waals surface area contributed by atoms with Crippen molar-refractivity contribution < 1.29 is 13.2 Å². The lowest BCUT2D eigenvalue weighted by atomic mass is 10.1. The molecular formula is C8H4Cl3F3. The van der Waals surface area contributed by atoms with Crippen LogP contribution in [0, 0.1) is 0 Å². The number of halogens is 6. The van der Waals surface area contributed by atoms with E-state index in [1.807, 2.05) is 0 Å². The van der Waals surface area contributed by atoms with Crippen LogP contribution in [0.15, 0.2) is 18.2 Å². The number of alkyl halides is 5. The van der Waals surface area contributed by atoms with Crippen molar-refractivity contribution >= 4 is 34.8 Å². The monoisotopic (exact) mass is 262 g/mol. The summed E-state index contributed by atoms with van der Waals surface area (Å²) in [6, 6.07) is 3.27. The minimum atomic E-state index is -4.50. The molecule has 0 atom stereocenters. The van der Waals surface area contributed by atoms with Gasteiger partial charge in [-0.2, -0.15) is 13.2 Å². The van der Waals surface area contributed by atoms with E-state index in [-0.39, 0.29) is 10.6 Å². The molecule has 14 heavy (non-hydrogen) atoms. The van der Waals surface area contributed by atoms with Gasteiger partial charge < -0.3 is 0 Å². The lowest BCUT2D eigenvalue weighted by Crippen LogP contribution is -2.08. The first-order valence-electron chi connectivity index (χ1n) is 3.47. The molecule has 0 unspecified atom stereocenters. The van der Waals surface area contributed by atoms with Gasteiger partial charge in [-0.1, -0.05) is 17.7 Å². The molecule has 0 saturated carbocycles. The van der Waals surface area contributed by atoms with E-state index in [0.717, 1.165) is 12.1 Å². The molecule has 0 nitrogen and oxygen atoms in total. The van der Waals surface area contributed by atoms with Gasteiger partial charge in [-0.3, -0.25) is 0 Å². The molecule has 1 aromatic carbocycles. The van der Waals surface area contributed by atoms with Gasteiger partial charge in [0.25, 0.3) is 0 Å². The van der Waals surface area contributed by atoms with Crippen LogP contribution in [0.2, 0.25) is 5.02 Å². The lowest BCUT2D eigenvalue weighted by Gasteiger charge is -2.13. The van der Waals surface area contributed by atoms with Crippen molar-refractivity contribution in [3.05, 3.63) is 34.3 Å². The highest BCUT2D eigenvalue weighted by atomic mass is 35.5. The highest BCUT2D eigenvalue weighted by molar-refractivity contribution is 6.44. The van der Waals surface area contributed by atoms with E-state index in [1.165, 1.54) is 6.07 Å². The fourth-order valence-electron chi connectivity index (χ4n) is 0.964. The fraction of sp³-hybridized carbons (Fsp3) is 0.250. The van der Waals surface area contributed by atoms with Gasteiger partial charge in [0.15, 0.2) is 0 Å². The Balaban J connectivity index is 3.30. The average molecular weight is 263 g/mol. The normalized spacial score (nSPS) is 12.2. The van der Waals surface area contributed by atoms with E-state index in [4.69, 9.17) is 34.8 Å². The second-order valence-corrected chi connectivity index (χ2v) is 4.06. The van der Waals surface area contributed by atoms with Crippen LogP contribution >= 0.6 is 34.8 Å². The van der Waals surface area contributed by atoms with E-state index >= 15 is 0 Å². The van der Waals surface area contributed by atoms with Gasteiger partial charge in [-0.25, -0.2) is 0 Å². The average Bonchev–Trinajstić information content (AvgIpc) is 2.01. The number of rotatable bonds is 1. The highest BCUT2D eigenvalue weighted by Gasteiger charge is 2.34. The van der Waals surface area contributed by atoms with E-state index in [1.54, 1.807) is 0 Å². The van der Waals surface area contributed by atoms with Crippen LogP contribution in [-0.2, 0) is 6.18 Å². The summed E-state index contributed by atoms with van der Waals surface area (Å²) in [4.78, 5) is -1.22. The maximum Gasteiger partial charge on any atom is 0.416 e. The van der Waals surface area contributed by atoms with E-state index in [2.05, 4.69) is 0 Å². The van der Waals surface area contributed by atoms with Gasteiger partial charge in [0.05, 0.1) is 5.56 Å². The first-order valence-corrected chi connectivity index (χ1v) is 4.72. The van der Waals surface area contributed by atoms with Crippen molar-refractivity contribution in [1.82, 2.24) is 0 Å². The van der Waals surface area contributed by atoms with Crippen molar-refractivity contribution in [2.45, 2.75) is 11.0 Å². The number of hydrogen-bond donors (Lipinski definition) is 0. The maximum absolute atomic E-state index is 12.4. The summed E-state index contributed by atoms with van der Waals surface area (Å²) in [7, 11) is 0. The Hall–Kier alpha value is -0.120. The van der Waals surface area contributed by atoms with Gasteiger partial charge in [-0.05, 0) is 17.7 Å². The van der Waals surface area contributed by atoms with Gasteiger partial charge in [-0.15, -0.1) is 23.2 Å². The Kier molecular flexibility index (Phi) is 3.56. The molecule has 0 radical (unpaired) electrons. The molecule has 6 heteroatoms. The van der Waals surface area contributed by atoms with Crippen LogP contribution < -0.4 is 0 Å². The predicted octanol–water partition coefficient (Wildman–Crippen LogP) is 4.84. The van der Waals surface area contributed by atoms with Crippen molar-refractivity contribution in [3.63, 3.8) is 0 Å². The molecule has 0 spiro atoms. The van der Waals surface area contributed by atoms with Gasteiger partial charge in [0.2, 0.25) is 0 Å². The first-order chi connectivity index (χ1) is 6.32. The summed E-state index contributed by atoms with van der Waals surface area (Å²) in [5.74, 6) is 0. The summed E-state index contributed by atoms with van der Waals surface area (Å²) in [5, 5.41) is -0.00458. The quantitative estimate of drug-likeness (QED) is 0.636. The summed E-state index contributed by atoms with van der Waals surface area (Å²) < 4.78 is 37.2. The molecule has 0 N–H and O–H groups in total. The zero-order valence-electron chi connectivity index (χ0n) is 6.58. The molecule has 0 fully saturated rings. The predicted molar refractivity (Wildman–Crippen MR) is 50.9 cm³/mol. The molecule has 1 rings (SSSR count). The molecule has 0 heterocycles. The van der Waals surface area contributed by atoms with Crippen molar-refractivity contribution in [2.24, 2.45) is 0 Å². The first kappa shape index (κ1) is 12.0. The zero-order chi connectivity index (χ0) is 10.9. The molecule has 1 aromatic rings. The molecule has 0 saturated heterocycles.